The lowest BCUT2D eigenvalue weighted by Crippen LogP contribution is -2.43. The number of carbonyl (C=O) groups excluding carboxylic acids is 2. The molecule has 6 aromatic rings. The van der Waals surface area contributed by atoms with Crippen LogP contribution in [0.25, 0.3) is 22.1 Å². The summed E-state index contributed by atoms with van der Waals surface area (Å²) in [7, 11) is 1.39. The average molecular weight is 659 g/mol. The topological polar surface area (TPSA) is 112 Å². The van der Waals surface area contributed by atoms with E-state index in [-0.39, 0.29) is 30.6 Å². The summed E-state index contributed by atoms with van der Waals surface area (Å²) in [5, 5.41) is 1.92. The van der Waals surface area contributed by atoms with Gasteiger partial charge in [-0.3, -0.25) is 9.59 Å². The molecule has 0 bridgehead atoms. The van der Waals surface area contributed by atoms with E-state index in [1.165, 1.54) is 19.2 Å². The molecule has 1 aromatic carbocycles. The Bertz CT molecular complexity index is 2090. The first kappa shape index (κ1) is 31.9. The van der Waals surface area contributed by atoms with Crippen LogP contribution in [0.4, 0.5) is 4.39 Å². The Balaban J connectivity index is 1.22. The molecule has 1 aliphatic rings. The van der Waals surface area contributed by atoms with Crippen LogP contribution in [-0.4, -0.2) is 61.5 Å². The molecule has 248 valence electrons. The Morgan fingerprint density at radius 2 is 1.55 bits per heavy atom. The number of fused-ring (bicyclic) bond motifs is 3. The molecule has 0 saturated heterocycles. The van der Waals surface area contributed by atoms with Gasteiger partial charge in [0.1, 0.15) is 5.69 Å². The molecule has 0 unspecified atom stereocenters. The van der Waals surface area contributed by atoms with Crippen molar-refractivity contribution in [1.82, 2.24) is 29.4 Å². The van der Waals surface area contributed by atoms with E-state index < -0.39 is 17.8 Å². The fourth-order valence-electron chi connectivity index (χ4n) is 6.58. The van der Waals surface area contributed by atoms with Gasteiger partial charge in [0.05, 0.1) is 26.2 Å². The van der Waals surface area contributed by atoms with Gasteiger partial charge in [-0.2, -0.15) is 0 Å². The zero-order valence-electron chi connectivity index (χ0n) is 27.3. The maximum absolute atomic E-state index is 14.9. The second kappa shape index (κ2) is 13.8. The summed E-state index contributed by atoms with van der Waals surface area (Å²) < 4.78 is 27.2. The van der Waals surface area contributed by atoms with Gasteiger partial charge in [0.25, 0.3) is 5.91 Å². The highest BCUT2D eigenvalue weighted by Crippen LogP contribution is 2.34. The van der Waals surface area contributed by atoms with Gasteiger partial charge in [-0.1, -0.05) is 6.07 Å². The molecule has 1 aliphatic heterocycles. The van der Waals surface area contributed by atoms with Gasteiger partial charge >= 0.3 is 5.97 Å². The minimum atomic E-state index is -0.724. The predicted octanol–water partition coefficient (Wildman–Crippen LogP) is 6.24. The summed E-state index contributed by atoms with van der Waals surface area (Å²) in [5.41, 5.74) is 5.06. The smallest absolute Gasteiger partial charge is 0.308 e. The van der Waals surface area contributed by atoms with Crippen molar-refractivity contribution in [1.29, 1.82) is 0 Å². The number of rotatable bonds is 11. The van der Waals surface area contributed by atoms with E-state index >= 15 is 0 Å². The van der Waals surface area contributed by atoms with E-state index in [0.29, 0.717) is 48.5 Å². The number of hydrogen-bond donors (Lipinski definition) is 0. The van der Waals surface area contributed by atoms with E-state index in [4.69, 9.17) is 19.4 Å². The van der Waals surface area contributed by atoms with Gasteiger partial charge in [-0.15, -0.1) is 0 Å². The van der Waals surface area contributed by atoms with Gasteiger partial charge in [0.15, 0.2) is 22.9 Å². The van der Waals surface area contributed by atoms with Gasteiger partial charge in [-0.05, 0) is 104 Å². The third-order valence-corrected chi connectivity index (χ3v) is 9.01. The molecule has 0 spiro atoms. The van der Waals surface area contributed by atoms with E-state index in [9.17, 15) is 14.0 Å². The Labute approximate surface area is 282 Å². The number of aromatic nitrogens is 5. The van der Waals surface area contributed by atoms with E-state index in [2.05, 4.69) is 9.97 Å². The van der Waals surface area contributed by atoms with Crippen LogP contribution in [-0.2, 0) is 28.9 Å². The molecule has 11 heteroatoms. The molecule has 6 heterocycles. The highest BCUT2D eigenvalue weighted by molar-refractivity contribution is 5.94. The molecular weight excluding hydrogens is 623 g/mol. The van der Waals surface area contributed by atoms with Crippen LogP contribution in [0.3, 0.4) is 0 Å². The number of carbonyl (C=O) groups is 2. The summed E-state index contributed by atoms with van der Waals surface area (Å²) in [6.45, 7) is 2.76. The fourth-order valence-corrected chi connectivity index (χ4v) is 6.58. The number of nitrogens with zero attached hydrogens (tertiary/aromatic N) is 6. The number of amides is 1. The van der Waals surface area contributed by atoms with Crippen LogP contribution in [0.2, 0.25) is 0 Å². The van der Waals surface area contributed by atoms with Crippen molar-refractivity contribution in [3.8, 4) is 5.75 Å². The van der Waals surface area contributed by atoms with Gasteiger partial charge < -0.3 is 18.9 Å². The molecule has 1 amide bonds. The van der Waals surface area contributed by atoms with E-state index in [0.717, 1.165) is 27.7 Å². The zero-order chi connectivity index (χ0) is 33.9. The fraction of sp³-hybridized carbons (Fsp3) is 0.263. The maximum atomic E-state index is 14.9. The first-order chi connectivity index (χ1) is 23.9. The van der Waals surface area contributed by atoms with Crippen molar-refractivity contribution in [2.45, 2.75) is 44.7 Å². The monoisotopic (exact) mass is 658 g/mol. The number of methoxy groups -OCH3 is 1. The van der Waals surface area contributed by atoms with Gasteiger partial charge in [0, 0.05) is 53.8 Å². The minimum Gasteiger partial charge on any atom is -0.494 e. The summed E-state index contributed by atoms with van der Waals surface area (Å²) in [6.07, 6.45) is 6.57. The number of halogens is 1. The molecule has 0 N–H and O–H groups in total. The first-order valence-corrected chi connectivity index (χ1v) is 16.3. The molecule has 0 radical (unpaired) electrons. The highest BCUT2D eigenvalue weighted by atomic mass is 19.1. The molecule has 5 aromatic heterocycles. The first-order valence-electron chi connectivity index (χ1n) is 16.3. The van der Waals surface area contributed by atoms with Crippen molar-refractivity contribution in [2.75, 3.05) is 20.3 Å². The average Bonchev–Trinajstić information content (AvgIpc) is 3.56. The largest absolute Gasteiger partial charge is 0.494 e. The van der Waals surface area contributed by atoms with Crippen molar-refractivity contribution >= 4 is 33.9 Å². The van der Waals surface area contributed by atoms with Crippen molar-refractivity contribution < 1.29 is 23.5 Å². The standard InChI is InChI=1S/C38H35FN6O4/c1-3-49-35(46)22-32(26-10-13-34(48-2)31(39)20-26)45-17-16-44-23-28(21-33(44)38(45)47)27(18-29-11-8-24-6-4-14-40-36(24)42-29)19-30-12-9-25-7-5-15-41-37(25)43-30/h4-15,20-21,23,27,32H,3,16-19,22H2,1-2H3/t32-/m0/s1. The maximum Gasteiger partial charge on any atom is 0.308 e. The molecule has 0 fully saturated rings. The molecule has 0 saturated carbocycles. The minimum absolute atomic E-state index is 0.0762. The van der Waals surface area contributed by atoms with Crippen LogP contribution in [0, 0.1) is 5.82 Å². The Morgan fingerprint density at radius 1 is 0.878 bits per heavy atom. The Kier molecular flexibility index (Phi) is 8.97. The van der Waals surface area contributed by atoms with Crippen LogP contribution in [0.5, 0.6) is 5.75 Å². The summed E-state index contributed by atoms with van der Waals surface area (Å²) in [6, 6.07) is 21.5. The summed E-state index contributed by atoms with van der Waals surface area (Å²) in [4.78, 5) is 47.2. The van der Waals surface area contributed by atoms with Crippen LogP contribution < -0.4 is 4.74 Å². The second-order valence-corrected chi connectivity index (χ2v) is 12.1. The number of esters is 1. The quantitative estimate of drug-likeness (QED) is 0.150. The number of ether oxygens (including phenoxy) is 2. The molecular formula is C38H35FN6O4. The highest BCUT2D eigenvalue weighted by Gasteiger charge is 2.34. The lowest BCUT2D eigenvalue weighted by molar-refractivity contribution is -0.144. The summed E-state index contributed by atoms with van der Waals surface area (Å²) >= 11 is 0. The lowest BCUT2D eigenvalue weighted by Gasteiger charge is -2.35. The SMILES string of the molecule is CCOC(=O)C[C@@H](c1ccc(OC)c(F)c1)N1CCn2cc(C(Cc3ccc4cccnc4n3)Cc3ccc4cccnc4n3)cc2C1=O. The summed E-state index contributed by atoms with van der Waals surface area (Å²) in [5.74, 6) is -1.27. The van der Waals surface area contributed by atoms with Crippen molar-refractivity contribution in [3.63, 3.8) is 0 Å². The van der Waals surface area contributed by atoms with E-state index in [1.54, 1.807) is 30.3 Å². The third kappa shape index (κ3) is 6.69. The Morgan fingerprint density at radius 3 is 2.16 bits per heavy atom. The predicted molar refractivity (Wildman–Crippen MR) is 182 cm³/mol. The number of benzene rings is 1. The second-order valence-electron chi connectivity index (χ2n) is 12.1. The molecule has 49 heavy (non-hydrogen) atoms. The van der Waals surface area contributed by atoms with E-state index in [1.807, 2.05) is 65.4 Å². The molecule has 10 nitrogen and oxygen atoms in total. The lowest BCUT2D eigenvalue weighted by atomic mass is 9.90. The molecule has 7 rings (SSSR count). The number of pyridine rings is 4. The van der Waals surface area contributed by atoms with Gasteiger partial charge in [-0.25, -0.2) is 24.3 Å². The van der Waals surface area contributed by atoms with Crippen LogP contribution in [0.15, 0.2) is 91.4 Å². The van der Waals surface area contributed by atoms with Crippen molar-refractivity contribution in [3.05, 3.63) is 125 Å². The Hall–Kier alpha value is -5.71. The normalized spacial score (nSPS) is 13.6. The zero-order valence-corrected chi connectivity index (χ0v) is 27.3. The van der Waals surface area contributed by atoms with Gasteiger partial charge in [0.2, 0.25) is 0 Å². The molecule has 1 atom stereocenters. The van der Waals surface area contributed by atoms with Crippen molar-refractivity contribution in [2.24, 2.45) is 0 Å². The van der Waals surface area contributed by atoms with Crippen LogP contribution in [0.1, 0.15) is 58.3 Å². The number of hydrogen-bond acceptors (Lipinski definition) is 8. The van der Waals surface area contributed by atoms with Crippen LogP contribution >= 0.6 is 0 Å². The third-order valence-electron chi connectivity index (χ3n) is 9.01. The molecule has 0 aliphatic carbocycles.